The number of amides is 1. The Labute approximate surface area is 178 Å². The van der Waals surface area contributed by atoms with Gasteiger partial charge >= 0.3 is 13.1 Å². The fourth-order valence-electron chi connectivity index (χ4n) is 3.33. The summed E-state index contributed by atoms with van der Waals surface area (Å²) in [7, 11) is -1.56. The maximum atomic E-state index is 12.4. The molecule has 12 heteroatoms. The molecule has 1 saturated heterocycles. The predicted octanol–water partition coefficient (Wildman–Crippen LogP) is -0.907. The fourth-order valence-corrected chi connectivity index (χ4v) is 3.33. The third-order valence-electron chi connectivity index (χ3n) is 5.01. The fraction of sp³-hybridized carbons (Fsp3) is 0.421. The molecular formula is C19H25BN4O7. The molecule has 1 aliphatic rings. The zero-order valence-corrected chi connectivity index (χ0v) is 16.8. The van der Waals surface area contributed by atoms with Gasteiger partial charge in [-0.2, -0.15) is 0 Å². The maximum Gasteiger partial charge on any atom is 0.451 e. The van der Waals surface area contributed by atoms with Crippen LogP contribution in [-0.2, 0) is 24.2 Å². The van der Waals surface area contributed by atoms with E-state index in [2.05, 4.69) is 4.98 Å². The van der Waals surface area contributed by atoms with Crippen LogP contribution in [0, 0.1) is 0 Å². The highest BCUT2D eigenvalue weighted by Crippen LogP contribution is 2.34. The number of imidazole rings is 1. The standard InChI is InChI=1S/C19H25BN4O7/c21-6-4-13-7-23(11-22-13)10-16(25)24-8-14(9-24)31-15-2-1-12(3-5-20(29)30)18(26)17(15)19(27)28/h1-2,7,11,14,26,29-30H,3-6,8-10,21H2,(H,27,28). The molecule has 1 aromatic heterocycles. The van der Waals surface area contributed by atoms with Crippen molar-refractivity contribution < 1.29 is 34.6 Å². The SMILES string of the molecule is NCCc1cn(CC(=O)N2CC(Oc3ccc(CCB(O)O)c(O)c3C(=O)O)C2)cn1. The normalized spacial score (nSPS) is 13.7. The number of benzene rings is 1. The van der Waals surface area contributed by atoms with E-state index in [0.717, 1.165) is 5.69 Å². The lowest BCUT2D eigenvalue weighted by atomic mass is 9.82. The highest BCUT2D eigenvalue weighted by atomic mass is 16.5. The van der Waals surface area contributed by atoms with E-state index < -0.39 is 24.9 Å². The summed E-state index contributed by atoms with van der Waals surface area (Å²) in [5.74, 6) is -1.95. The summed E-state index contributed by atoms with van der Waals surface area (Å²) in [5.41, 5.74) is 6.20. The number of nitrogens with zero attached hydrogens (tertiary/aromatic N) is 3. The first-order valence-electron chi connectivity index (χ1n) is 9.88. The number of hydrogen-bond acceptors (Lipinski definition) is 8. The molecule has 1 aromatic carbocycles. The number of nitrogens with two attached hydrogens (primary N) is 1. The Morgan fingerprint density at radius 2 is 2.00 bits per heavy atom. The molecule has 1 fully saturated rings. The number of carboxylic acids is 1. The minimum absolute atomic E-state index is 0.00330. The summed E-state index contributed by atoms with van der Waals surface area (Å²) < 4.78 is 7.39. The Bertz CT molecular complexity index is 943. The second-order valence-electron chi connectivity index (χ2n) is 7.39. The molecule has 0 bridgehead atoms. The topological polar surface area (TPSA) is 171 Å². The lowest BCUT2D eigenvalue weighted by Gasteiger charge is -2.39. The first-order valence-corrected chi connectivity index (χ1v) is 9.88. The van der Waals surface area contributed by atoms with Gasteiger partial charge < -0.3 is 40.2 Å². The molecule has 2 heterocycles. The molecule has 3 rings (SSSR count). The van der Waals surface area contributed by atoms with Crippen molar-refractivity contribution in [2.45, 2.75) is 31.8 Å². The van der Waals surface area contributed by atoms with E-state index >= 15 is 0 Å². The summed E-state index contributed by atoms with van der Waals surface area (Å²) in [6.45, 7) is 1.20. The molecule has 0 aliphatic carbocycles. The Balaban J connectivity index is 1.58. The molecule has 1 aliphatic heterocycles. The number of hydrogen-bond donors (Lipinski definition) is 5. The van der Waals surface area contributed by atoms with Gasteiger partial charge in [0.2, 0.25) is 5.91 Å². The van der Waals surface area contributed by atoms with E-state index in [-0.39, 0.29) is 42.1 Å². The van der Waals surface area contributed by atoms with E-state index in [1.165, 1.54) is 12.1 Å². The van der Waals surface area contributed by atoms with Crippen molar-refractivity contribution in [3.63, 3.8) is 0 Å². The smallest absolute Gasteiger partial charge is 0.451 e. The number of aromatic carboxylic acids is 1. The molecule has 31 heavy (non-hydrogen) atoms. The molecule has 11 nitrogen and oxygen atoms in total. The zero-order chi connectivity index (χ0) is 22.5. The highest BCUT2D eigenvalue weighted by Gasteiger charge is 2.33. The molecule has 0 radical (unpaired) electrons. The summed E-state index contributed by atoms with van der Waals surface area (Å²) in [6, 6.07) is 2.91. The van der Waals surface area contributed by atoms with E-state index in [4.69, 9.17) is 20.5 Å². The van der Waals surface area contributed by atoms with Gasteiger partial charge in [0.05, 0.1) is 25.1 Å². The van der Waals surface area contributed by atoms with Crippen molar-refractivity contribution in [3.05, 3.63) is 41.5 Å². The maximum absolute atomic E-state index is 12.4. The molecule has 6 N–H and O–H groups in total. The van der Waals surface area contributed by atoms with Crippen molar-refractivity contribution in [2.24, 2.45) is 5.73 Å². The van der Waals surface area contributed by atoms with Crippen molar-refractivity contribution in [2.75, 3.05) is 19.6 Å². The van der Waals surface area contributed by atoms with Crippen LogP contribution in [0.2, 0.25) is 6.32 Å². The number of aromatic hydroxyl groups is 1. The van der Waals surface area contributed by atoms with Gasteiger partial charge in [-0.05, 0) is 30.9 Å². The monoisotopic (exact) mass is 432 g/mol. The van der Waals surface area contributed by atoms with Crippen LogP contribution in [0.5, 0.6) is 11.5 Å². The number of aromatic nitrogens is 2. The van der Waals surface area contributed by atoms with Crippen LogP contribution in [0.4, 0.5) is 0 Å². The van der Waals surface area contributed by atoms with Gasteiger partial charge in [-0.25, -0.2) is 9.78 Å². The van der Waals surface area contributed by atoms with Crippen LogP contribution in [-0.4, -0.2) is 79.4 Å². The van der Waals surface area contributed by atoms with Crippen molar-refractivity contribution in [1.82, 2.24) is 14.5 Å². The lowest BCUT2D eigenvalue weighted by molar-refractivity contribution is -0.140. The van der Waals surface area contributed by atoms with Gasteiger partial charge in [0.1, 0.15) is 29.7 Å². The van der Waals surface area contributed by atoms with Crippen LogP contribution in [0.3, 0.4) is 0 Å². The molecule has 0 atom stereocenters. The van der Waals surface area contributed by atoms with Gasteiger partial charge in [-0.3, -0.25) is 4.79 Å². The van der Waals surface area contributed by atoms with Crippen LogP contribution < -0.4 is 10.5 Å². The van der Waals surface area contributed by atoms with E-state index in [0.29, 0.717) is 26.1 Å². The average Bonchev–Trinajstić information content (AvgIpc) is 3.10. The van der Waals surface area contributed by atoms with E-state index in [9.17, 15) is 19.8 Å². The van der Waals surface area contributed by atoms with Gasteiger partial charge in [-0.15, -0.1) is 0 Å². The Morgan fingerprint density at radius 3 is 2.65 bits per heavy atom. The summed E-state index contributed by atoms with van der Waals surface area (Å²) in [6.07, 6.45) is 3.64. The summed E-state index contributed by atoms with van der Waals surface area (Å²) in [4.78, 5) is 29.8. The first-order chi connectivity index (χ1) is 14.8. The molecule has 0 saturated carbocycles. The Morgan fingerprint density at radius 1 is 1.26 bits per heavy atom. The van der Waals surface area contributed by atoms with Crippen LogP contribution in [0.15, 0.2) is 24.7 Å². The molecular weight excluding hydrogens is 407 g/mol. The number of carboxylic acid groups (broad SMARTS) is 1. The Kier molecular flexibility index (Phi) is 7.15. The lowest BCUT2D eigenvalue weighted by Crippen LogP contribution is -2.57. The van der Waals surface area contributed by atoms with Crippen molar-refractivity contribution in [1.29, 1.82) is 0 Å². The van der Waals surface area contributed by atoms with Gasteiger partial charge in [-0.1, -0.05) is 6.07 Å². The molecule has 2 aromatic rings. The van der Waals surface area contributed by atoms with E-state index in [1.54, 1.807) is 22.0 Å². The number of carbonyl (C=O) groups excluding carboxylic acids is 1. The quantitative estimate of drug-likeness (QED) is 0.298. The molecule has 1 amide bonds. The number of aryl methyl sites for hydroxylation is 1. The third kappa shape index (κ3) is 5.54. The largest absolute Gasteiger partial charge is 0.507 e. The first kappa shape index (κ1) is 22.6. The van der Waals surface area contributed by atoms with Crippen LogP contribution in [0.25, 0.3) is 0 Å². The molecule has 166 valence electrons. The van der Waals surface area contributed by atoms with Crippen LogP contribution in [0.1, 0.15) is 21.6 Å². The number of rotatable bonds is 10. The van der Waals surface area contributed by atoms with Gasteiger partial charge in [0, 0.05) is 12.6 Å². The summed E-state index contributed by atoms with van der Waals surface area (Å²) >= 11 is 0. The second-order valence-corrected chi connectivity index (χ2v) is 7.39. The summed E-state index contributed by atoms with van der Waals surface area (Å²) in [5, 5.41) is 37.7. The highest BCUT2D eigenvalue weighted by molar-refractivity contribution is 6.41. The van der Waals surface area contributed by atoms with Crippen molar-refractivity contribution >= 4 is 19.0 Å². The van der Waals surface area contributed by atoms with Gasteiger partial charge in [0.15, 0.2) is 0 Å². The number of phenols is 1. The van der Waals surface area contributed by atoms with Crippen molar-refractivity contribution in [3.8, 4) is 11.5 Å². The molecule has 0 spiro atoms. The van der Waals surface area contributed by atoms with Crippen LogP contribution >= 0.6 is 0 Å². The minimum Gasteiger partial charge on any atom is -0.507 e. The predicted molar refractivity (Wildman–Crippen MR) is 110 cm³/mol. The van der Waals surface area contributed by atoms with E-state index in [1.807, 2.05) is 0 Å². The third-order valence-corrected chi connectivity index (χ3v) is 5.01. The minimum atomic E-state index is -1.56. The molecule has 0 unspecified atom stereocenters. The number of ether oxygens (including phenoxy) is 1. The second kappa shape index (κ2) is 9.81. The number of carbonyl (C=O) groups is 2. The van der Waals surface area contributed by atoms with Gasteiger partial charge in [0.25, 0.3) is 0 Å². The number of likely N-dealkylation sites (tertiary alicyclic amines) is 1. The average molecular weight is 432 g/mol. The Hall–Kier alpha value is -3.09. The zero-order valence-electron chi connectivity index (χ0n) is 16.8.